The van der Waals surface area contributed by atoms with E-state index in [0.29, 0.717) is 35.7 Å². The number of hydrogen-bond donors (Lipinski definition) is 0. The molecule has 2 aromatic heterocycles. The van der Waals surface area contributed by atoms with E-state index in [-0.39, 0.29) is 18.2 Å². The molecule has 8 heteroatoms. The number of hydrogen-bond acceptors (Lipinski definition) is 6. The summed E-state index contributed by atoms with van der Waals surface area (Å²) in [5.41, 5.74) is 2.06. The van der Waals surface area contributed by atoms with Crippen LogP contribution < -0.4 is 0 Å². The molecule has 0 spiro atoms. The molecular formula is C25H25N5O3. The monoisotopic (exact) mass is 443 g/mol. The molecule has 1 amide bonds. The van der Waals surface area contributed by atoms with Gasteiger partial charge in [0.1, 0.15) is 11.1 Å². The molecule has 3 heterocycles. The first-order chi connectivity index (χ1) is 15.8. The molecule has 0 saturated carbocycles. The molecule has 8 nitrogen and oxygen atoms in total. The van der Waals surface area contributed by atoms with E-state index >= 15 is 0 Å². The van der Waals surface area contributed by atoms with E-state index in [1.165, 1.54) is 0 Å². The number of esters is 1. The van der Waals surface area contributed by atoms with E-state index in [9.17, 15) is 9.59 Å². The summed E-state index contributed by atoms with van der Waals surface area (Å²) in [6, 6.07) is 10.8. The van der Waals surface area contributed by atoms with E-state index in [4.69, 9.17) is 4.74 Å². The molecule has 0 bridgehead atoms. The van der Waals surface area contributed by atoms with Crippen molar-refractivity contribution in [1.82, 2.24) is 24.6 Å². The van der Waals surface area contributed by atoms with Crippen LogP contribution in [0.4, 0.5) is 0 Å². The Balaban J connectivity index is 1.73. The summed E-state index contributed by atoms with van der Waals surface area (Å²) in [4.78, 5) is 35.6. The fraction of sp³-hybridized carbons (Fsp3) is 0.320. The van der Waals surface area contributed by atoms with Crippen LogP contribution in [0.15, 0.2) is 42.6 Å². The van der Waals surface area contributed by atoms with Crippen molar-refractivity contribution in [2.24, 2.45) is 12.5 Å². The smallest absolute Gasteiger partial charge is 0.357 e. The van der Waals surface area contributed by atoms with E-state index in [0.717, 1.165) is 5.56 Å². The summed E-state index contributed by atoms with van der Waals surface area (Å²) in [6.45, 7) is 4.57. The maximum atomic E-state index is 12.4. The Kier molecular flexibility index (Phi) is 5.97. The average Bonchev–Trinajstić information content (AvgIpc) is 3.37. The number of carbonyl (C=O) groups is 2. The number of ether oxygens (including phenoxy) is 1. The van der Waals surface area contributed by atoms with Crippen LogP contribution in [0.1, 0.15) is 36.3 Å². The van der Waals surface area contributed by atoms with Crippen molar-refractivity contribution in [3.63, 3.8) is 0 Å². The minimum absolute atomic E-state index is 0.0385. The quantitative estimate of drug-likeness (QED) is 0.455. The lowest BCUT2D eigenvalue weighted by atomic mass is 9.89. The molecule has 1 fully saturated rings. The number of likely N-dealkylation sites (tertiary alicyclic amines) is 1. The molecule has 168 valence electrons. The minimum Gasteiger partial charge on any atom is -0.461 e. The van der Waals surface area contributed by atoms with Crippen LogP contribution in [0.3, 0.4) is 0 Å². The minimum atomic E-state index is -0.683. The lowest BCUT2D eigenvalue weighted by molar-refractivity contribution is -0.131. The van der Waals surface area contributed by atoms with E-state index in [2.05, 4.69) is 26.9 Å². The summed E-state index contributed by atoms with van der Waals surface area (Å²) < 4.78 is 6.82. The Hall–Kier alpha value is -3.99. The summed E-state index contributed by atoms with van der Waals surface area (Å²) in [6.07, 6.45) is 2.51. The Morgan fingerprint density at radius 1 is 1.18 bits per heavy atom. The van der Waals surface area contributed by atoms with Gasteiger partial charge < -0.3 is 9.64 Å². The Morgan fingerprint density at radius 3 is 2.67 bits per heavy atom. The van der Waals surface area contributed by atoms with Crippen LogP contribution in [0.2, 0.25) is 0 Å². The Morgan fingerprint density at radius 2 is 2.00 bits per heavy atom. The lowest BCUT2D eigenvalue weighted by Gasteiger charge is -2.14. The third-order valence-corrected chi connectivity index (χ3v) is 5.56. The molecule has 3 aromatic rings. The van der Waals surface area contributed by atoms with Gasteiger partial charge >= 0.3 is 5.97 Å². The fourth-order valence-electron chi connectivity index (χ4n) is 3.65. The van der Waals surface area contributed by atoms with Crippen LogP contribution in [0, 0.1) is 17.3 Å². The van der Waals surface area contributed by atoms with E-state index in [1.807, 2.05) is 44.3 Å². The third-order valence-electron chi connectivity index (χ3n) is 5.56. The standard InChI is InChI=1S/C25H25N5O3/c1-5-33-23(31)21-16-20(19-10-13-30(4)28-19)26-22(27-21)18-8-6-7-17(15-18)9-11-25(2)12-14-29(3)24(25)32/h6-8,10,13,15-16H,5,12,14H2,1-4H3/t25-/m1/s1. The van der Waals surface area contributed by atoms with Gasteiger partial charge in [-0.2, -0.15) is 5.10 Å². The molecule has 1 saturated heterocycles. The highest BCUT2D eigenvalue weighted by Crippen LogP contribution is 2.30. The molecule has 1 aromatic carbocycles. The number of amides is 1. The van der Waals surface area contributed by atoms with Crippen molar-refractivity contribution in [1.29, 1.82) is 0 Å². The second kappa shape index (κ2) is 8.87. The van der Waals surface area contributed by atoms with Gasteiger partial charge in [0.05, 0.1) is 12.3 Å². The van der Waals surface area contributed by atoms with Gasteiger partial charge in [0.15, 0.2) is 11.5 Å². The number of aromatic nitrogens is 4. The first-order valence-corrected chi connectivity index (χ1v) is 10.7. The highest BCUT2D eigenvalue weighted by Gasteiger charge is 2.39. The van der Waals surface area contributed by atoms with Crippen molar-refractivity contribution < 1.29 is 14.3 Å². The fourth-order valence-corrected chi connectivity index (χ4v) is 3.65. The molecule has 4 rings (SSSR count). The van der Waals surface area contributed by atoms with Crippen molar-refractivity contribution >= 4 is 11.9 Å². The van der Waals surface area contributed by atoms with Crippen LogP contribution >= 0.6 is 0 Å². The van der Waals surface area contributed by atoms with E-state index < -0.39 is 11.4 Å². The summed E-state index contributed by atoms with van der Waals surface area (Å²) in [7, 11) is 3.61. The van der Waals surface area contributed by atoms with Gasteiger partial charge in [0.25, 0.3) is 0 Å². The maximum Gasteiger partial charge on any atom is 0.357 e. The third kappa shape index (κ3) is 4.62. The van der Waals surface area contributed by atoms with Gasteiger partial charge in [-0.15, -0.1) is 0 Å². The number of rotatable bonds is 4. The van der Waals surface area contributed by atoms with Crippen LogP contribution in [0.25, 0.3) is 22.8 Å². The highest BCUT2D eigenvalue weighted by molar-refractivity contribution is 5.89. The average molecular weight is 444 g/mol. The molecule has 0 N–H and O–H groups in total. The Labute approximate surface area is 192 Å². The highest BCUT2D eigenvalue weighted by atomic mass is 16.5. The zero-order chi connectivity index (χ0) is 23.6. The zero-order valence-electron chi connectivity index (χ0n) is 19.1. The van der Waals surface area contributed by atoms with Crippen LogP contribution in [-0.2, 0) is 16.6 Å². The summed E-state index contributed by atoms with van der Waals surface area (Å²) >= 11 is 0. The molecule has 0 unspecified atom stereocenters. The van der Waals surface area contributed by atoms with Crippen LogP contribution in [0.5, 0.6) is 0 Å². The topological polar surface area (TPSA) is 90.2 Å². The molecule has 33 heavy (non-hydrogen) atoms. The number of nitrogens with zero attached hydrogens (tertiary/aromatic N) is 5. The van der Waals surface area contributed by atoms with E-state index in [1.54, 1.807) is 35.8 Å². The van der Waals surface area contributed by atoms with Gasteiger partial charge in [-0.25, -0.2) is 14.8 Å². The SMILES string of the molecule is CCOC(=O)c1cc(-c2ccn(C)n2)nc(-c2cccc(C#C[C@]3(C)CCN(C)C3=O)c2)n1. The molecule has 0 aliphatic carbocycles. The Bertz CT molecular complexity index is 1290. The summed E-state index contributed by atoms with van der Waals surface area (Å²) in [5.74, 6) is 6.17. The zero-order valence-corrected chi connectivity index (χ0v) is 19.1. The second-order valence-corrected chi connectivity index (χ2v) is 8.20. The summed E-state index contributed by atoms with van der Waals surface area (Å²) in [5, 5.41) is 4.39. The molecular weight excluding hydrogens is 418 g/mol. The van der Waals surface area contributed by atoms with Gasteiger partial charge in [0, 0.05) is 38.0 Å². The predicted molar refractivity (Wildman–Crippen MR) is 123 cm³/mol. The molecule has 1 atom stereocenters. The molecule has 0 radical (unpaired) electrons. The maximum absolute atomic E-state index is 12.4. The normalized spacial score (nSPS) is 17.6. The number of benzene rings is 1. The van der Waals surface area contributed by atoms with Gasteiger partial charge in [-0.3, -0.25) is 9.48 Å². The number of carbonyl (C=O) groups excluding carboxylic acids is 2. The lowest BCUT2D eigenvalue weighted by Crippen LogP contribution is -2.28. The molecule has 1 aliphatic heterocycles. The van der Waals surface area contributed by atoms with Crippen molar-refractivity contribution in [2.75, 3.05) is 20.2 Å². The van der Waals surface area contributed by atoms with Gasteiger partial charge in [-0.1, -0.05) is 24.0 Å². The van der Waals surface area contributed by atoms with Crippen molar-refractivity contribution in [3.8, 4) is 34.6 Å². The van der Waals surface area contributed by atoms with Gasteiger partial charge in [-0.05, 0) is 44.5 Å². The largest absolute Gasteiger partial charge is 0.461 e. The predicted octanol–water partition coefficient (Wildman–Crippen LogP) is 2.94. The first kappa shape index (κ1) is 22.2. The first-order valence-electron chi connectivity index (χ1n) is 10.7. The van der Waals surface area contributed by atoms with Gasteiger partial charge in [0.2, 0.25) is 5.91 Å². The van der Waals surface area contributed by atoms with Crippen molar-refractivity contribution in [2.45, 2.75) is 20.3 Å². The van der Waals surface area contributed by atoms with Crippen LogP contribution in [-0.4, -0.2) is 56.7 Å². The second-order valence-electron chi connectivity index (χ2n) is 8.20. The number of aryl methyl sites for hydroxylation is 1. The molecule has 1 aliphatic rings. The van der Waals surface area contributed by atoms with Crippen molar-refractivity contribution in [3.05, 3.63) is 53.9 Å².